The van der Waals surface area contributed by atoms with Crippen LogP contribution in [-0.2, 0) is 28.9 Å². The SMILES string of the molecule is CC1=CCS(=O)(=O)C1C[C@@H](OC(=O)/C=C/C(C)C)C1(C)OC(=O)C=C1N1CCCC1. The largest absolute Gasteiger partial charge is 0.454 e. The van der Waals surface area contributed by atoms with Crippen LogP contribution in [0.1, 0.15) is 47.0 Å². The van der Waals surface area contributed by atoms with Crippen molar-refractivity contribution in [3.05, 3.63) is 35.6 Å². The van der Waals surface area contributed by atoms with Gasteiger partial charge in [0.1, 0.15) is 6.10 Å². The molecule has 0 saturated carbocycles. The molecule has 1 fully saturated rings. The Bertz CT molecular complexity index is 895. The van der Waals surface area contributed by atoms with Gasteiger partial charge in [0.15, 0.2) is 15.4 Å². The molecule has 0 aromatic carbocycles. The Kier molecular flexibility index (Phi) is 6.45. The molecular weight excluding hydrogens is 406 g/mol. The zero-order chi connectivity index (χ0) is 22.1. The van der Waals surface area contributed by atoms with E-state index < -0.39 is 38.7 Å². The van der Waals surface area contributed by atoms with E-state index in [0.29, 0.717) is 5.70 Å². The van der Waals surface area contributed by atoms with E-state index >= 15 is 0 Å². The van der Waals surface area contributed by atoms with Gasteiger partial charge >= 0.3 is 11.9 Å². The van der Waals surface area contributed by atoms with Crippen molar-refractivity contribution in [2.45, 2.75) is 63.9 Å². The van der Waals surface area contributed by atoms with Crippen molar-refractivity contribution in [2.24, 2.45) is 5.92 Å². The highest BCUT2D eigenvalue weighted by Gasteiger charge is 2.52. The maximum absolute atomic E-state index is 12.6. The van der Waals surface area contributed by atoms with E-state index in [-0.39, 0.29) is 18.1 Å². The van der Waals surface area contributed by atoms with Crippen LogP contribution >= 0.6 is 0 Å². The number of likely N-dealkylation sites (tertiary alicyclic amines) is 1. The van der Waals surface area contributed by atoms with Crippen molar-refractivity contribution in [3.8, 4) is 0 Å². The molecule has 7 nitrogen and oxygen atoms in total. The number of rotatable bonds is 7. The van der Waals surface area contributed by atoms with Crippen molar-refractivity contribution in [1.29, 1.82) is 0 Å². The molecule has 0 aromatic rings. The molecule has 0 spiro atoms. The third-order valence-corrected chi connectivity index (χ3v) is 8.08. The van der Waals surface area contributed by atoms with E-state index in [1.807, 2.05) is 13.8 Å². The molecule has 8 heteroatoms. The lowest BCUT2D eigenvalue weighted by atomic mass is 9.90. The summed E-state index contributed by atoms with van der Waals surface area (Å²) in [5.41, 5.74) is 0.155. The van der Waals surface area contributed by atoms with Gasteiger partial charge < -0.3 is 14.4 Å². The maximum atomic E-state index is 12.6. The molecular formula is C22H31NO6S. The third-order valence-electron chi connectivity index (χ3n) is 6.02. The molecule has 1 saturated heterocycles. The number of esters is 2. The van der Waals surface area contributed by atoms with Gasteiger partial charge in [0.25, 0.3) is 0 Å². The van der Waals surface area contributed by atoms with Crippen molar-refractivity contribution in [1.82, 2.24) is 4.90 Å². The van der Waals surface area contributed by atoms with Crippen LogP contribution in [0.5, 0.6) is 0 Å². The van der Waals surface area contributed by atoms with Crippen LogP contribution in [0.25, 0.3) is 0 Å². The van der Waals surface area contributed by atoms with Crippen molar-refractivity contribution < 1.29 is 27.5 Å². The molecule has 3 heterocycles. The molecule has 0 amide bonds. The van der Waals surface area contributed by atoms with Crippen LogP contribution in [0.3, 0.4) is 0 Å². The van der Waals surface area contributed by atoms with Gasteiger partial charge in [0, 0.05) is 31.7 Å². The fourth-order valence-electron chi connectivity index (χ4n) is 4.28. The second kappa shape index (κ2) is 8.57. The number of hydrogen-bond donors (Lipinski definition) is 0. The molecule has 3 rings (SSSR count). The Labute approximate surface area is 178 Å². The first kappa shape index (κ1) is 22.6. The van der Waals surface area contributed by atoms with E-state index in [4.69, 9.17) is 9.47 Å². The number of cyclic esters (lactones) is 1. The van der Waals surface area contributed by atoms with Gasteiger partial charge in [0.05, 0.1) is 16.7 Å². The Morgan fingerprint density at radius 3 is 2.60 bits per heavy atom. The van der Waals surface area contributed by atoms with Gasteiger partial charge in [-0.3, -0.25) is 0 Å². The molecule has 2 unspecified atom stereocenters. The molecule has 3 atom stereocenters. The summed E-state index contributed by atoms with van der Waals surface area (Å²) in [6.45, 7) is 8.93. The number of carbonyl (C=O) groups excluding carboxylic acids is 2. The van der Waals surface area contributed by atoms with Gasteiger partial charge in [0.2, 0.25) is 0 Å². The van der Waals surface area contributed by atoms with E-state index in [2.05, 4.69) is 4.90 Å². The lowest BCUT2D eigenvalue weighted by Crippen LogP contribution is -2.50. The van der Waals surface area contributed by atoms with Crippen molar-refractivity contribution in [2.75, 3.05) is 18.8 Å². The molecule has 0 bridgehead atoms. The monoisotopic (exact) mass is 437 g/mol. The summed E-state index contributed by atoms with van der Waals surface area (Å²) in [7, 11) is -3.37. The summed E-state index contributed by atoms with van der Waals surface area (Å²) in [4.78, 5) is 26.9. The molecule has 0 aliphatic carbocycles. The first-order chi connectivity index (χ1) is 14.0. The highest BCUT2D eigenvalue weighted by molar-refractivity contribution is 7.92. The second-order valence-corrected chi connectivity index (χ2v) is 11.0. The Morgan fingerprint density at radius 2 is 2.03 bits per heavy atom. The average Bonchev–Trinajstić information content (AvgIpc) is 3.34. The summed E-state index contributed by atoms with van der Waals surface area (Å²) in [6, 6.07) is 0. The maximum Gasteiger partial charge on any atom is 0.333 e. The summed E-state index contributed by atoms with van der Waals surface area (Å²) in [5.74, 6) is -0.935. The number of hydrogen-bond acceptors (Lipinski definition) is 7. The van der Waals surface area contributed by atoms with E-state index in [1.165, 1.54) is 12.2 Å². The van der Waals surface area contributed by atoms with Crippen molar-refractivity contribution >= 4 is 21.8 Å². The molecule has 3 aliphatic rings. The number of ether oxygens (including phenoxy) is 2. The quantitative estimate of drug-likeness (QED) is 0.343. The molecule has 30 heavy (non-hydrogen) atoms. The van der Waals surface area contributed by atoms with Crippen molar-refractivity contribution in [3.63, 3.8) is 0 Å². The highest BCUT2D eigenvalue weighted by atomic mass is 32.2. The summed E-state index contributed by atoms with van der Waals surface area (Å²) in [6.07, 6.45) is 7.33. The minimum atomic E-state index is -3.37. The molecule has 166 valence electrons. The number of sulfone groups is 1. The first-order valence-corrected chi connectivity index (χ1v) is 12.2. The topological polar surface area (TPSA) is 90.0 Å². The van der Waals surface area contributed by atoms with Crippen LogP contribution in [0.15, 0.2) is 35.6 Å². The first-order valence-electron chi connectivity index (χ1n) is 10.5. The van der Waals surface area contributed by atoms with E-state index in [1.54, 1.807) is 26.0 Å². The Morgan fingerprint density at radius 1 is 1.37 bits per heavy atom. The van der Waals surface area contributed by atoms with Crippen LogP contribution in [0, 0.1) is 5.92 Å². The normalized spacial score (nSPS) is 29.3. The molecule has 0 N–H and O–H groups in total. The minimum absolute atomic E-state index is 0.0251. The van der Waals surface area contributed by atoms with E-state index in [9.17, 15) is 18.0 Å². The second-order valence-electron chi connectivity index (χ2n) is 8.78. The molecule has 0 aromatic heterocycles. The van der Waals surface area contributed by atoms with Gasteiger partial charge in [-0.15, -0.1) is 0 Å². The van der Waals surface area contributed by atoms with Gasteiger partial charge in [-0.25, -0.2) is 18.0 Å². The number of carbonyl (C=O) groups is 2. The van der Waals surface area contributed by atoms with Gasteiger partial charge in [-0.2, -0.15) is 0 Å². The Balaban J connectivity index is 1.93. The fraction of sp³-hybridized carbons (Fsp3) is 0.636. The predicted octanol–water partition coefficient (Wildman–Crippen LogP) is 2.54. The summed E-state index contributed by atoms with van der Waals surface area (Å²) < 4.78 is 36.6. The molecule has 3 aliphatic heterocycles. The zero-order valence-electron chi connectivity index (χ0n) is 18.1. The summed E-state index contributed by atoms with van der Waals surface area (Å²) in [5, 5.41) is -0.764. The minimum Gasteiger partial charge on any atom is -0.454 e. The van der Waals surface area contributed by atoms with Crippen LogP contribution in [-0.4, -0.2) is 61.1 Å². The van der Waals surface area contributed by atoms with Gasteiger partial charge in [-0.1, -0.05) is 31.6 Å². The fourth-order valence-corrected chi connectivity index (χ4v) is 6.14. The number of nitrogens with zero attached hydrogens (tertiary/aromatic N) is 1. The van der Waals surface area contributed by atoms with Crippen LogP contribution in [0.4, 0.5) is 0 Å². The van der Waals surface area contributed by atoms with Gasteiger partial charge in [-0.05, 0) is 32.6 Å². The smallest absolute Gasteiger partial charge is 0.333 e. The predicted molar refractivity (Wildman–Crippen MR) is 113 cm³/mol. The average molecular weight is 438 g/mol. The van der Waals surface area contributed by atoms with E-state index in [0.717, 1.165) is 31.5 Å². The molecule has 0 radical (unpaired) electrons. The third kappa shape index (κ3) is 4.63. The Hall–Kier alpha value is -2.09. The highest BCUT2D eigenvalue weighted by Crippen LogP contribution is 2.40. The van der Waals surface area contributed by atoms with Crippen LogP contribution in [0.2, 0.25) is 0 Å². The lowest BCUT2D eigenvalue weighted by Gasteiger charge is -2.38. The van der Waals surface area contributed by atoms with Crippen LogP contribution < -0.4 is 0 Å². The summed E-state index contributed by atoms with van der Waals surface area (Å²) >= 11 is 0. The number of allylic oxidation sites excluding steroid dienone is 1. The lowest BCUT2D eigenvalue weighted by molar-refractivity contribution is -0.170. The standard InChI is InChI=1S/C22H31NO6S/c1-15(2)7-8-20(24)28-19(13-17-16(3)9-12-30(17,26)27)22(4)18(14-21(25)29-22)23-10-5-6-11-23/h7-9,14-15,17,19H,5-6,10-13H2,1-4H3/b8-7+/t17?,19-,22?/m1/s1. The zero-order valence-corrected chi connectivity index (χ0v) is 18.9.